The number of hydrogen-bond acceptors (Lipinski definition) is 2. The molecule has 26 heavy (non-hydrogen) atoms. The highest BCUT2D eigenvalue weighted by Gasteiger charge is 2.07. The van der Waals surface area contributed by atoms with Gasteiger partial charge in [-0.15, -0.1) is 0 Å². The van der Waals surface area contributed by atoms with Gasteiger partial charge in [0.2, 0.25) is 5.91 Å². The van der Waals surface area contributed by atoms with Crippen molar-refractivity contribution >= 4 is 5.91 Å². The maximum absolute atomic E-state index is 11.7. The number of rotatable bonds is 14. The zero-order valence-corrected chi connectivity index (χ0v) is 17.7. The minimum Gasteiger partial charge on any atom is -0.396 e. The van der Waals surface area contributed by atoms with Gasteiger partial charge in [-0.25, -0.2) is 0 Å². The number of amides is 1. The van der Waals surface area contributed by atoms with Gasteiger partial charge in [-0.3, -0.25) is 4.79 Å². The number of carbonyl (C=O) groups excluding carboxylic acids is 1. The molecule has 0 aliphatic rings. The highest BCUT2D eigenvalue weighted by atomic mass is 16.3. The fourth-order valence-electron chi connectivity index (χ4n) is 2.75. The van der Waals surface area contributed by atoms with Gasteiger partial charge in [0, 0.05) is 19.6 Å². The smallest absolute Gasteiger partial charge is 0.220 e. The van der Waals surface area contributed by atoms with Crippen LogP contribution >= 0.6 is 0 Å². The number of allylic oxidation sites excluding steroid dienone is 6. The first-order valence-corrected chi connectivity index (χ1v) is 10.2. The van der Waals surface area contributed by atoms with Crippen molar-refractivity contribution in [3.05, 3.63) is 34.9 Å². The van der Waals surface area contributed by atoms with Gasteiger partial charge in [0.1, 0.15) is 0 Å². The van der Waals surface area contributed by atoms with E-state index in [-0.39, 0.29) is 12.5 Å². The lowest BCUT2D eigenvalue weighted by atomic mass is 9.99. The summed E-state index contributed by atoms with van der Waals surface area (Å²) in [6, 6.07) is 0. The number of aliphatic hydroxyl groups excluding tert-OH is 1. The summed E-state index contributed by atoms with van der Waals surface area (Å²) in [5.41, 5.74) is 4.32. The van der Waals surface area contributed by atoms with Crippen molar-refractivity contribution in [3.8, 4) is 0 Å². The summed E-state index contributed by atoms with van der Waals surface area (Å²) in [4.78, 5) is 11.7. The molecule has 0 heterocycles. The molecule has 0 bridgehead atoms. The standard InChI is InChI=1S/C23H41NO2/c1-19(2)10-6-11-20(3)12-7-13-21(4)14-8-15-22(5)18-23(26)24-16-9-17-25/h10,12,14,22,25H,6-9,11,13,15-18H2,1-5H3,(H,24,26). The predicted molar refractivity (Wildman–Crippen MR) is 113 cm³/mol. The van der Waals surface area contributed by atoms with Gasteiger partial charge in [0.15, 0.2) is 0 Å². The normalized spacial score (nSPS) is 13.5. The van der Waals surface area contributed by atoms with E-state index in [2.05, 4.69) is 58.2 Å². The van der Waals surface area contributed by atoms with E-state index in [1.807, 2.05) is 0 Å². The predicted octanol–water partition coefficient (Wildman–Crippen LogP) is 5.71. The largest absolute Gasteiger partial charge is 0.396 e. The molecule has 0 rings (SSSR count). The van der Waals surface area contributed by atoms with Crippen molar-refractivity contribution in [2.24, 2.45) is 5.92 Å². The van der Waals surface area contributed by atoms with Crippen LogP contribution in [-0.2, 0) is 4.79 Å². The van der Waals surface area contributed by atoms with Gasteiger partial charge in [-0.2, -0.15) is 0 Å². The van der Waals surface area contributed by atoms with Crippen LogP contribution < -0.4 is 5.32 Å². The lowest BCUT2D eigenvalue weighted by molar-refractivity contribution is -0.121. The molecule has 1 amide bonds. The molecule has 0 radical (unpaired) electrons. The molecule has 0 fully saturated rings. The van der Waals surface area contributed by atoms with Gasteiger partial charge in [-0.05, 0) is 78.6 Å². The Kier molecular flexibility index (Phi) is 15.0. The van der Waals surface area contributed by atoms with Crippen molar-refractivity contribution in [1.82, 2.24) is 5.32 Å². The molecule has 2 N–H and O–H groups in total. The number of hydrogen-bond donors (Lipinski definition) is 2. The summed E-state index contributed by atoms with van der Waals surface area (Å²) in [5, 5.41) is 11.6. The summed E-state index contributed by atoms with van der Waals surface area (Å²) in [7, 11) is 0. The van der Waals surface area contributed by atoms with E-state index in [1.165, 1.54) is 16.7 Å². The van der Waals surface area contributed by atoms with Crippen molar-refractivity contribution in [1.29, 1.82) is 0 Å². The molecule has 0 aromatic carbocycles. The Labute approximate surface area is 161 Å². The average molecular weight is 364 g/mol. The van der Waals surface area contributed by atoms with Gasteiger partial charge in [-0.1, -0.05) is 41.9 Å². The topological polar surface area (TPSA) is 49.3 Å². The molecule has 0 aromatic rings. The van der Waals surface area contributed by atoms with Gasteiger partial charge >= 0.3 is 0 Å². The second-order valence-corrected chi connectivity index (χ2v) is 7.77. The number of aliphatic hydroxyl groups is 1. The maximum Gasteiger partial charge on any atom is 0.220 e. The third kappa shape index (κ3) is 16.1. The first kappa shape index (κ1) is 24.7. The average Bonchev–Trinajstić information content (AvgIpc) is 2.54. The van der Waals surface area contributed by atoms with Crippen LogP contribution in [0.4, 0.5) is 0 Å². The molecule has 3 heteroatoms. The second kappa shape index (κ2) is 15.9. The van der Waals surface area contributed by atoms with Crippen molar-refractivity contribution in [3.63, 3.8) is 0 Å². The second-order valence-electron chi connectivity index (χ2n) is 7.77. The molecule has 3 nitrogen and oxygen atoms in total. The van der Waals surface area contributed by atoms with E-state index < -0.39 is 0 Å². The van der Waals surface area contributed by atoms with Crippen molar-refractivity contribution in [2.45, 2.75) is 86.0 Å². The Morgan fingerprint density at radius 2 is 1.54 bits per heavy atom. The van der Waals surface area contributed by atoms with E-state index in [0.717, 1.165) is 38.5 Å². The first-order valence-electron chi connectivity index (χ1n) is 10.2. The van der Waals surface area contributed by atoms with Crippen LogP contribution in [0.25, 0.3) is 0 Å². The quantitative estimate of drug-likeness (QED) is 0.307. The minimum atomic E-state index is 0.0976. The van der Waals surface area contributed by atoms with Crippen molar-refractivity contribution < 1.29 is 9.90 Å². The molecule has 0 aliphatic heterocycles. The summed E-state index contributed by atoms with van der Waals surface area (Å²) in [6.45, 7) is 11.6. The summed E-state index contributed by atoms with van der Waals surface area (Å²) in [6.07, 6.45) is 14.8. The van der Waals surface area contributed by atoms with E-state index in [4.69, 9.17) is 5.11 Å². The van der Waals surface area contributed by atoms with Gasteiger partial charge in [0.05, 0.1) is 0 Å². The summed E-state index contributed by atoms with van der Waals surface area (Å²) >= 11 is 0. The maximum atomic E-state index is 11.7. The molecule has 1 unspecified atom stereocenters. The Hall–Kier alpha value is -1.35. The van der Waals surface area contributed by atoms with Gasteiger partial charge in [0.25, 0.3) is 0 Å². The lowest BCUT2D eigenvalue weighted by Crippen LogP contribution is -2.26. The van der Waals surface area contributed by atoms with Crippen LogP contribution in [-0.4, -0.2) is 24.2 Å². The number of carbonyl (C=O) groups is 1. The molecule has 0 aromatic heterocycles. The monoisotopic (exact) mass is 363 g/mol. The number of nitrogens with one attached hydrogen (secondary N) is 1. The third-order valence-corrected chi connectivity index (χ3v) is 4.47. The zero-order valence-electron chi connectivity index (χ0n) is 17.7. The van der Waals surface area contributed by atoms with E-state index >= 15 is 0 Å². The Bertz CT molecular complexity index is 471. The summed E-state index contributed by atoms with van der Waals surface area (Å²) in [5.74, 6) is 0.491. The third-order valence-electron chi connectivity index (χ3n) is 4.47. The molecular weight excluding hydrogens is 322 g/mol. The highest BCUT2D eigenvalue weighted by Crippen LogP contribution is 2.15. The van der Waals surface area contributed by atoms with Crippen LogP contribution in [0.2, 0.25) is 0 Å². The minimum absolute atomic E-state index is 0.0976. The van der Waals surface area contributed by atoms with Crippen LogP contribution in [0.3, 0.4) is 0 Å². The van der Waals surface area contributed by atoms with Gasteiger partial charge < -0.3 is 10.4 Å². The fourth-order valence-corrected chi connectivity index (χ4v) is 2.75. The SMILES string of the molecule is CC(C)=CCCC(C)=CCCC(C)=CCCC(C)CC(=O)NCCCO. The molecular formula is C23H41NO2. The van der Waals surface area contributed by atoms with Crippen LogP contribution in [0.15, 0.2) is 34.9 Å². The molecule has 0 aliphatic carbocycles. The van der Waals surface area contributed by atoms with Crippen LogP contribution in [0, 0.1) is 5.92 Å². The Morgan fingerprint density at radius 1 is 0.962 bits per heavy atom. The van der Waals surface area contributed by atoms with Crippen LogP contribution in [0.5, 0.6) is 0 Å². The summed E-state index contributed by atoms with van der Waals surface area (Å²) < 4.78 is 0. The first-order chi connectivity index (χ1) is 12.3. The molecule has 0 saturated heterocycles. The van der Waals surface area contributed by atoms with E-state index in [1.54, 1.807) is 0 Å². The molecule has 0 saturated carbocycles. The fraction of sp³-hybridized carbons (Fsp3) is 0.696. The van der Waals surface area contributed by atoms with Crippen molar-refractivity contribution in [2.75, 3.05) is 13.2 Å². The lowest BCUT2D eigenvalue weighted by Gasteiger charge is -2.10. The molecule has 150 valence electrons. The zero-order chi connectivity index (χ0) is 19.8. The molecule has 0 spiro atoms. The van der Waals surface area contributed by atoms with E-state index in [0.29, 0.717) is 25.3 Å². The van der Waals surface area contributed by atoms with Crippen LogP contribution in [0.1, 0.15) is 86.0 Å². The Morgan fingerprint density at radius 3 is 2.12 bits per heavy atom. The van der Waals surface area contributed by atoms with E-state index in [9.17, 15) is 4.79 Å². The Balaban J connectivity index is 3.92. The highest BCUT2D eigenvalue weighted by molar-refractivity contribution is 5.76. The molecule has 1 atom stereocenters.